The largest absolute Gasteiger partial charge is 0.346 e. The van der Waals surface area contributed by atoms with Crippen LogP contribution in [-0.2, 0) is 10.5 Å². The lowest BCUT2D eigenvalue weighted by atomic mass is 9.96. The SMILES string of the molecule is CN(C)CC1(NC(=O)C(C)(F)c2cccc(F)c2)CC1. The van der Waals surface area contributed by atoms with Crippen LogP contribution in [0.1, 0.15) is 25.3 Å². The maximum atomic E-state index is 14.7. The van der Waals surface area contributed by atoms with Gasteiger partial charge in [-0.1, -0.05) is 12.1 Å². The highest BCUT2D eigenvalue weighted by atomic mass is 19.1. The molecule has 5 heteroatoms. The van der Waals surface area contributed by atoms with Crippen LogP contribution in [0.3, 0.4) is 0 Å². The van der Waals surface area contributed by atoms with Crippen molar-refractivity contribution >= 4 is 5.91 Å². The summed E-state index contributed by atoms with van der Waals surface area (Å²) in [6, 6.07) is 5.12. The highest BCUT2D eigenvalue weighted by molar-refractivity contribution is 5.87. The Labute approximate surface area is 118 Å². The Morgan fingerprint density at radius 2 is 2.10 bits per heavy atom. The lowest BCUT2D eigenvalue weighted by Gasteiger charge is -2.26. The summed E-state index contributed by atoms with van der Waals surface area (Å²) >= 11 is 0. The number of benzene rings is 1. The number of alkyl halides is 1. The minimum absolute atomic E-state index is 0.0376. The second-order valence-corrected chi connectivity index (χ2v) is 5.99. The van der Waals surface area contributed by atoms with E-state index in [9.17, 15) is 13.6 Å². The number of likely N-dealkylation sites (N-methyl/N-ethyl adjacent to an activating group) is 1. The summed E-state index contributed by atoms with van der Waals surface area (Å²) in [6.45, 7) is 1.85. The fourth-order valence-electron chi connectivity index (χ4n) is 2.35. The van der Waals surface area contributed by atoms with Gasteiger partial charge < -0.3 is 10.2 Å². The molecule has 0 aliphatic heterocycles. The Morgan fingerprint density at radius 1 is 1.45 bits per heavy atom. The molecule has 3 nitrogen and oxygen atoms in total. The van der Waals surface area contributed by atoms with Gasteiger partial charge in [0.1, 0.15) is 5.82 Å². The molecular formula is C15H20F2N2O. The molecule has 110 valence electrons. The van der Waals surface area contributed by atoms with Crippen molar-refractivity contribution in [1.82, 2.24) is 10.2 Å². The first kappa shape index (κ1) is 14.9. The molecule has 1 aliphatic rings. The predicted molar refractivity (Wildman–Crippen MR) is 73.5 cm³/mol. The van der Waals surface area contributed by atoms with Crippen molar-refractivity contribution in [3.8, 4) is 0 Å². The summed E-state index contributed by atoms with van der Waals surface area (Å²) in [5.74, 6) is -1.25. The number of rotatable bonds is 5. The van der Waals surface area contributed by atoms with E-state index in [0.717, 1.165) is 18.9 Å². The number of carbonyl (C=O) groups excluding carboxylic acids is 1. The van der Waals surface area contributed by atoms with Crippen molar-refractivity contribution in [2.24, 2.45) is 0 Å². The average molecular weight is 282 g/mol. The number of hydrogen-bond donors (Lipinski definition) is 1. The first-order valence-electron chi connectivity index (χ1n) is 6.67. The second-order valence-electron chi connectivity index (χ2n) is 5.99. The summed E-state index contributed by atoms with van der Waals surface area (Å²) in [7, 11) is 3.82. The molecule has 1 N–H and O–H groups in total. The third-order valence-corrected chi connectivity index (χ3v) is 3.64. The van der Waals surface area contributed by atoms with E-state index < -0.39 is 17.4 Å². The molecule has 1 aromatic rings. The Bertz CT molecular complexity index is 510. The molecule has 0 spiro atoms. The predicted octanol–water partition coefficient (Wildman–Crippen LogP) is 2.22. The molecule has 1 amide bonds. The zero-order valence-electron chi connectivity index (χ0n) is 12.0. The van der Waals surface area contributed by atoms with Crippen LogP contribution in [0, 0.1) is 5.82 Å². The third kappa shape index (κ3) is 3.15. The summed E-state index contributed by atoms with van der Waals surface area (Å²) in [4.78, 5) is 14.1. The fraction of sp³-hybridized carbons (Fsp3) is 0.533. The highest BCUT2D eigenvalue weighted by Gasteiger charge is 2.48. The van der Waals surface area contributed by atoms with Gasteiger partial charge in [-0.2, -0.15) is 0 Å². The summed E-state index contributed by atoms with van der Waals surface area (Å²) in [5.41, 5.74) is -2.53. The zero-order chi connectivity index (χ0) is 15.0. The van der Waals surface area contributed by atoms with Crippen LogP contribution in [0.2, 0.25) is 0 Å². The Kier molecular flexibility index (Phi) is 3.82. The number of nitrogens with one attached hydrogen (secondary N) is 1. The Balaban J connectivity index is 2.12. The first-order chi connectivity index (χ1) is 9.25. The molecule has 1 fully saturated rings. The molecular weight excluding hydrogens is 262 g/mol. The molecule has 1 aromatic carbocycles. The van der Waals surface area contributed by atoms with E-state index in [1.54, 1.807) is 0 Å². The van der Waals surface area contributed by atoms with Crippen LogP contribution in [-0.4, -0.2) is 37.0 Å². The van der Waals surface area contributed by atoms with Crippen LogP contribution in [0.15, 0.2) is 24.3 Å². The van der Waals surface area contributed by atoms with Gasteiger partial charge in [0.2, 0.25) is 5.67 Å². The number of amides is 1. The smallest absolute Gasteiger partial charge is 0.262 e. The van der Waals surface area contributed by atoms with Crippen LogP contribution >= 0.6 is 0 Å². The fourth-order valence-corrected chi connectivity index (χ4v) is 2.35. The molecule has 2 rings (SSSR count). The maximum absolute atomic E-state index is 14.7. The van der Waals surface area contributed by atoms with Gasteiger partial charge in [0.15, 0.2) is 0 Å². The number of nitrogens with zero attached hydrogens (tertiary/aromatic N) is 1. The first-order valence-corrected chi connectivity index (χ1v) is 6.67. The second kappa shape index (κ2) is 5.13. The average Bonchev–Trinajstić information content (AvgIpc) is 3.07. The molecule has 0 aromatic heterocycles. The van der Waals surface area contributed by atoms with Gasteiger partial charge in [-0.3, -0.25) is 4.79 Å². The van der Waals surface area contributed by atoms with E-state index >= 15 is 0 Å². The quantitative estimate of drug-likeness (QED) is 0.898. The van der Waals surface area contributed by atoms with E-state index in [1.165, 1.54) is 25.1 Å². The van der Waals surface area contributed by atoms with E-state index in [1.807, 2.05) is 19.0 Å². The molecule has 0 bridgehead atoms. The van der Waals surface area contributed by atoms with Crippen LogP contribution in [0.5, 0.6) is 0 Å². The number of hydrogen-bond acceptors (Lipinski definition) is 2. The van der Waals surface area contributed by atoms with E-state index in [2.05, 4.69) is 5.32 Å². The molecule has 1 unspecified atom stereocenters. The minimum atomic E-state index is -2.23. The van der Waals surface area contributed by atoms with Gasteiger partial charge in [-0.25, -0.2) is 8.78 Å². The monoisotopic (exact) mass is 282 g/mol. The maximum Gasteiger partial charge on any atom is 0.262 e. The highest BCUT2D eigenvalue weighted by Crippen LogP contribution is 2.37. The van der Waals surface area contributed by atoms with Crippen LogP contribution < -0.4 is 5.32 Å². The van der Waals surface area contributed by atoms with Crippen LogP contribution in [0.4, 0.5) is 8.78 Å². The number of carbonyl (C=O) groups is 1. The van der Waals surface area contributed by atoms with Crippen molar-refractivity contribution in [3.05, 3.63) is 35.6 Å². The van der Waals surface area contributed by atoms with Crippen molar-refractivity contribution < 1.29 is 13.6 Å². The van der Waals surface area contributed by atoms with Gasteiger partial charge in [0.05, 0.1) is 5.54 Å². The Morgan fingerprint density at radius 3 is 2.60 bits per heavy atom. The van der Waals surface area contributed by atoms with Crippen molar-refractivity contribution in [1.29, 1.82) is 0 Å². The van der Waals surface area contributed by atoms with Gasteiger partial charge in [0.25, 0.3) is 5.91 Å². The lowest BCUT2D eigenvalue weighted by Crippen LogP contribution is -2.49. The van der Waals surface area contributed by atoms with E-state index in [0.29, 0.717) is 6.54 Å². The molecule has 0 saturated heterocycles. The Hall–Kier alpha value is -1.49. The molecule has 1 saturated carbocycles. The standard InChI is InChI=1S/C15H20F2N2O/c1-14(17,11-5-4-6-12(16)9-11)13(20)18-15(7-8-15)10-19(2)3/h4-6,9H,7-8,10H2,1-3H3,(H,18,20). The molecule has 0 radical (unpaired) electrons. The van der Waals surface area contributed by atoms with Gasteiger partial charge in [-0.15, -0.1) is 0 Å². The molecule has 20 heavy (non-hydrogen) atoms. The summed E-state index contributed by atoms with van der Waals surface area (Å²) < 4.78 is 27.9. The van der Waals surface area contributed by atoms with E-state index in [4.69, 9.17) is 0 Å². The summed E-state index contributed by atoms with van der Waals surface area (Å²) in [5, 5.41) is 2.78. The van der Waals surface area contributed by atoms with Crippen LogP contribution in [0.25, 0.3) is 0 Å². The minimum Gasteiger partial charge on any atom is -0.346 e. The number of halogens is 2. The molecule has 1 aliphatic carbocycles. The lowest BCUT2D eigenvalue weighted by molar-refractivity contribution is -0.133. The zero-order valence-corrected chi connectivity index (χ0v) is 12.0. The van der Waals surface area contributed by atoms with Crippen molar-refractivity contribution in [2.75, 3.05) is 20.6 Å². The normalized spacial score (nSPS) is 19.5. The molecule has 1 atom stereocenters. The van der Waals surface area contributed by atoms with Crippen molar-refractivity contribution in [3.63, 3.8) is 0 Å². The van der Waals surface area contributed by atoms with Gasteiger partial charge in [0, 0.05) is 12.1 Å². The van der Waals surface area contributed by atoms with Crippen molar-refractivity contribution in [2.45, 2.75) is 31.0 Å². The summed E-state index contributed by atoms with van der Waals surface area (Å²) in [6.07, 6.45) is 1.69. The molecule has 0 heterocycles. The van der Waals surface area contributed by atoms with Gasteiger partial charge in [-0.05, 0) is 46.0 Å². The topological polar surface area (TPSA) is 32.3 Å². The van der Waals surface area contributed by atoms with Gasteiger partial charge >= 0.3 is 0 Å². The third-order valence-electron chi connectivity index (χ3n) is 3.64. The van der Waals surface area contributed by atoms with E-state index in [-0.39, 0.29) is 11.1 Å².